The fraction of sp³-hybridized carbons (Fsp3) is 0.529. The predicted molar refractivity (Wildman–Crippen MR) is 85.8 cm³/mol. The molecule has 114 valence electrons. The van der Waals surface area contributed by atoms with Crippen LogP contribution in [-0.4, -0.2) is 41.5 Å². The first-order chi connectivity index (χ1) is 10.3. The van der Waals surface area contributed by atoms with Crippen LogP contribution in [0.3, 0.4) is 0 Å². The first-order valence-corrected chi connectivity index (χ1v) is 7.89. The van der Waals surface area contributed by atoms with Gasteiger partial charge in [-0.15, -0.1) is 0 Å². The standard InChI is InChI=1S/C17H25N3O/c1-2-3-12-20-13-8-16(9-14-20)19-17(21)5-4-15-6-10-18-11-7-15/h4-7,10-11,16H,2-3,8-9,12-14H2,1H3,(H,19,21)/b5-4+. The van der Waals surface area contributed by atoms with Crippen molar-refractivity contribution in [1.29, 1.82) is 0 Å². The van der Waals surface area contributed by atoms with Gasteiger partial charge in [0.25, 0.3) is 0 Å². The number of piperidine rings is 1. The highest BCUT2D eigenvalue weighted by atomic mass is 16.1. The fourth-order valence-electron chi connectivity index (χ4n) is 2.58. The van der Waals surface area contributed by atoms with Crippen molar-refractivity contribution in [2.75, 3.05) is 19.6 Å². The number of carbonyl (C=O) groups is 1. The van der Waals surface area contributed by atoms with Crippen molar-refractivity contribution in [2.24, 2.45) is 0 Å². The molecule has 1 amide bonds. The molecule has 0 aromatic carbocycles. The SMILES string of the molecule is CCCCN1CCC(NC(=O)/C=C/c2ccncc2)CC1. The highest BCUT2D eigenvalue weighted by Crippen LogP contribution is 2.11. The van der Waals surface area contributed by atoms with Crippen LogP contribution < -0.4 is 5.32 Å². The van der Waals surface area contributed by atoms with Gasteiger partial charge < -0.3 is 10.2 Å². The van der Waals surface area contributed by atoms with Crippen LogP contribution >= 0.6 is 0 Å². The van der Waals surface area contributed by atoms with Crippen LogP contribution in [0.15, 0.2) is 30.6 Å². The van der Waals surface area contributed by atoms with Crippen molar-refractivity contribution in [3.8, 4) is 0 Å². The Morgan fingerprint density at radius 1 is 1.38 bits per heavy atom. The first kappa shape index (κ1) is 15.7. The number of pyridine rings is 1. The van der Waals surface area contributed by atoms with Crippen LogP contribution in [0.5, 0.6) is 0 Å². The molecule has 1 fully saturated rings. The lowest BCUT2D eigenvalue weighted by atomic mass is 10.0. The number of rotatable bonds is 6. The summed E-state index contributed by atoms with van der Waals surface area (Å²) in [5, 5.41) is 3.10. The maximum absolute atomic E-state index is 11.9. The summed E-state index contributed by atoms with van der Waals surface area (Å²) in [6.45, 7) is 5.61. The number of nitrogens with zero attached hydrogens (tertiary/aromatic N) is 2. The lowest BCUT2D eigenvalue weighted by Gasteiger charge is -2.32. The first-order valence-electron chi connectivity index (χ1n) is 7.89. The second-order valence-corrected chi connectivity index (χ2v) is 5.59. The molecule has 4 nitrogen and oxygen atoms in total. The van der Waals surface area contributed by atoms with E-state index >= 15 is 0 Å². The number of carbonyl (C=O) groups excluding carboxylic acids is 1. The minimum Gasteiger partial charge on any atom is -0.350 e. The molecule has 4 heteroatoms. The number of aromatic nitrogens is 1. The Balaban J connectivity index is 1.71. The van der Waals surface area contributed by atoms with E-state index in [1.807, 2.05) is 18.2 Å². The van der Waals surface area contributed by atoms with Gasteiger partial charge in [0, 0.05) is 37.6 Å². The molecule has 1 aromatic rings. The summed E-state index contributed by atoms with van der Waals surface area (Å²) in [4.78, 5) is 18.4. The molecule has 2 rings (SSSR count). The van der Waals surface area contributed by atoms with Crippen molar-refractivity contribution < 1.29 is 4.79 Å². The molecule has 0 unspecified atom stereocenters. The van der Waals surface area contributed by atoms with Crippen molar-refractivity contribution in [3.05, 3.63) is 36.2 Å². The average molecular weight is 287 g/mol. The molecule has 1 aliphatic rings. The quantitative estimate of drug-likeness (QED) is 0.818. The van der Waals surface area contributed by atoms with E-state index in [0.717, 1.165) is 31.5 Å². The lowest BCUT2D eigenvalue weighted by Crippen LogP contribution is -2.44. The van der Waals surface area contributed by atoms with Gasteiger partial charge >= 0.3 is 0 Å². The Morgan fingerprint density at radius 2 is 2.10 bits per heavy atom. The van der Waals surface area contributed by atoms with E-state index in [0.29, 0.717) is 6.04 Å². The van der Waals surface area contributed by atoms with Gasteiger partial charge in [-0.1, -0.05) is 13.3 Å². The van der Waals surface area contributed by atoms with Crippen LogP contribution in [-0.2, 0) is 4.79 Å². The van der Waals surface area contributed by atoms with Gasteiger partial charge in [-0.25, -0.2) is 0 Å². The van der Waals surface area contributed by atoms with E-state index in [-0.39, 0.29) is 5.91 Å². The number of hydrogen-bond acceptors (Lipinski definition) is 3. The second kappa shape index (κ2) is 8.57. The Bertz CT molecular complexity index is 450. The maximum atomic E-state index is 11.9. The predicted octanol–water partition coefficient (Wildman–Crippen LogP) is 2.48. The van der Waals surface area contributed by atoms with Gasteiger partial charge in [0.2, 0.25) is 5.91 Å². The van der Waals surface area contributed by atoms with Gasteiger partial charge in [-0.3, -0.25) is 9.78 Å². The highest BCUT2D eigenvalue weighted by Gasteiger charge is 2.19. The van der Waals surface area contributed by atoms with Crippen LogP contribution in [0.4, 0.5) is 0 Å². The van der Waals surface area contributed by atoms with E-state index in [9.17, 15) is 4.79 Å². The summed E-state index contributed by atoms with van der Waals surface area (Å²) in [7, 11) is 0. The van der Waals surface area contributed by atoms with Crippen LogP contribution in [0, 0.1) is 0 Å². The molecule has 0 radical (unpaired) electrons. The third kappa shape index (κ3) is 5.68. The molecular formula is C17H25N3O. The molecule has 1 saturated heterocycles. The number of amides is 1. The van der Waals surface area contributed by atoms with Gasteiger partial charge in [0.1, 0.15) is 0 Å². The monoisotopic (exact) mass is 287 g/mol. The van der Waals surface area contributed by atoms with Gasteiger partial charge in [0.05, 0.1) is 0 Å². The minimum absolute atomic E-state index is 0.00109. The van der Waals surface area contributed by atoms with Crippen LogP contribution in [0.25, 0.3) is 6.08 Å². The summed E-state index contributed by atoms with van der Waals surface area (Å²) >= 11 is 0. The van der Waals surface area contributed by atoms with Crippen molar-refractivity contribution >= 4 is 12.0 Å². The van der Waals surface area contributed by atoms with Crippen molar-refractivity contribution in [1.82, 2.24) is 15.2 Å². The topological polar surface area (TPSA) is 45.2 Å². The van der Waals surface area contributed by atoms with E-state index in [1.165, 1.54) is 19.4 Å². The third-order valence-corrected chi connectivity index (χ3v) is 3.90. The number of unbranched alkanes of at least 4 members (excludes halogenated alkanes) is 1. The molecule has 21 heavy (non-hydrogen) atoms. The summed E-state index contributed by atoms with van der Waals surface area (Å²) in [6.07, 6.45) is 11.5. The molecule has 1 aliphatic heterocycles. The molecular weight excluding hydrogens is 262 g/mol. The molecule has 0 bridgehead atoms. The Morgan fingerprint density at radius 3 is 2.76 bits per heavy atom. The Labute approximate surface area is 127 Å². The number of hydrogen-bond donors (Lipinski definition) is 1. The minimum atomic E-state index is -0.00109. The van der Waals surface area contributed by atoms with E-state index in [4.69, 9.17) is 0 Å². The van der Waals surface area contributed by atoms with E-state index < -0.39 is 0 Å². The highest BCUT2D eigenvalue weighted by molar-refractivity contribution is 5.91. The smallest absolute Gasteiger partial charge is 0.244 e. The fourth-order valence-corrected chi connectivity index (χ4v) is 2.58. The van der Waals surface area contributed by atoms with Gasteiger partial charge in [0.15, 0.2) is 0 Å². The molecule has 0 spiro atoms. The summed E-state index contributed by atoms with van der Waals surface area (Å²) < 4.78 is 0. The average Bonchev–Trinajstić information content (AvgIpc) is 2.53. The van der Waals surface area contributed by atoms with Crippen LogP contribution in [0.2, 0.25) is 0 Å². The Hall–Kier alpha value is -1.68. The zero-order valence-corrected chi connectivity index (χ0v) is 12.8. The molecule has 2 heterocycles. The number of nitrogens with one attached hydrogen (secondary N) is 1. The van der Waals surface area contributed by atoms with Crippen LogP contribution in [0.1, 0.15) is 38.2 Å². The molecule has 1 N–H and O–H groups in total. The second-order valence-electron chi connectivity index (χ2n) is 5.59. The third-order valence-electron chi connectivity index (χ3n) is 3.90. The largest absolute Gasteiger partial charge is 0.350 e. The molecule has 1 aromatic heterocycles. The lowest BCUT2D eigenvalue weighted by molar-refractivity contribution is -0.117. The summed E-state index contributed by atoms with van der Waals surface area (Å²) in [6, 6.07) is 4.09. The van der Waals surface area contributed by atoms with Gasteiger partial charge in [-0.2, -0.15) is 0 Å². The van der Waals surface area contributed by atoms with E-state index in [2.05, 4.69) is 22.1 Å². The molecule has 0 saturated carbocycles. The molecule has 0 atom stereocenters. The zero-order valence-electron chi connectivity index (χ0n) is 12.8. The normalized spacial score (nSPS) is 17.2. The molecule has 0 aliphatic carbocycles. The zero-order chi connectivity index (χ0) is 14.9. The van der Waals surface area contributed by atoms with Gasteiger partial charge in [-0.05, 0) is 49.6 Å². The Kier molecular flexibility index (Phi) is 6.41. The maximum Gasteiger partial charge on any atom is 0.244 e. The van der Waals surface area contributed by atoms with E-state index in [1.54, 1.807) is 18.5 Å². The van der Waals surface area contributed by atoms with Crippen molar-refractivity contribution in [2.45, 2.75) is 38.6 Å². The summed E-state index contributed by atoms with van der Waals surface area (Å²) in [5.41, 5.74) is 0.995. The van der Waals surface area contributed by atoms with Crippen molar-refractivity contribution in [3.63, 3.8) is 0 Å². The number of likely N-dealkylation sites (tertiary alicyclic amines) is 1. The summed E-state index contributed by atoms with van der Waals surface area (Å²) in [5.74, 6) is -0.00109.